The molecule has 168 valence electrons. The molecular weight excluding hydrogens is 416 g/mol. The highest BCUT2D eigenvalue weighted by Crippen LogP contribution is 2.01. The lowest BCUT2D eigenvalue weighted by molar-refractivity contribution is 0.00932. The molecule has 0 heterocycles. The summed E-state index contributed by atoms with van der Waals surface area (Å²) in [6, 6.07) is 25.1. The lowest BCUT2D eigenvalue weighted by Gasteiger charge is -2.07. The Bertz CT molecular complexity index is 894. The van der Waals surface area contributed by atoms with Crippen molar-refractivity contribution >= 4 is 17.9 Å². The van der Waals surface area contributed by atoms with Crippen molar-refractivity contribution in [1.82, 2.24) is 0 Å². The number of benzene rings is 3. The molecule has 3 aromatic carbocycles. The summed E-state index contributed by atoms with van der Waals surface area (Å²) in [5.74, 6) is -2.26. The zero-order valence-corrected chi connectivity index (χ0v) is 17.1. The van der Waals surface area contributed by atoms with E-state index >= 15 is 0 Å². The first-order chi connectivity index (χ1) is 15.3. The van der Waals surface area contributed by atoms with Crippen LogP contribution in [0.1, 0.15) is 31.1 Å². The lowest BCUT2D eigenvalue weighted by atomic mass is 10.2. The fraction of sp³-hybridized carbons (Fsp3) is 0.125. The van der Waals surface area contributed by atoms with Gasteiger partial charge in [-0.25, -0.2) is 14.4 Å². The van der Waals surface area contributed by atoms with Crippen molar-refractivity contribution in [3.63, 3.8) is 0 Å². The van der Waals surface area contributed by atoms with Crippen molar-refractivity contribution in [3.8, 4) is 0 Å². The van der Waals surface area contributed by atoms with Crippen LogP contribution < -0.4 is 0 Å². The van der Waals surface area contributed by atoms with E-state index in [1.54, 1.807) is 91.0 Å². The average molecular weight is 440 g/mol. The Labute approximate surface area is 185 Å². The van der Waals surface area contributed by atoms with Crippen molar-refractivity contribution in [2.45, 2.75) is 6.10 Å². The Hall–Kier alpha value is -4.01. The summed E-state index contributed by atoms with van der Waals surface area (Å²) in [5.41, 5.74) is 1.09. The third-order valence-corrected chi connectivity index (χ3v) is 3.67. The van der Waals surface area contributed by atoms with Gasteiger partial charge in [-0.15, -0.1) is 0 Å². The Kier molecular flexibility index (Phi) is 12.1. The predicted molar refractivity (Wildman–Crippen MR) is 117 cm³/mol. The molecule has 0 radical (unpaired) electrons. The SMILES string of the molecule is O=C(O)c1ccccc1.O=C(O)c1ccccc1.O=C(OCC(O)CO)c1ccccc1. The minimum atomic E-state index is -1.01. The van der Waals surface area contributed by atoms with E-state index in [9.17, 15) is 14.4 Å². The molecule has 0 saturated carbocycles. The molecule has 4 N–H and O–H groups in total. The van der Waals surface area contributed by atoms with Crippen LogP contribution in [0.2, 0.25) is 0 Å². The van der Waals surface area contributed by atoms with Gasteiger partial charge in [-0.2, -0.15) is 0 Å². The highest BCUT2D eigenvalue weighted by atomic mass is 16.5. The van der Waals surface area contributed by atoms with Crippen LogP contribution in [0, 0.1) is 0 Å². The molecule has 0 aliphatic carbocycles. The van der Waals surface area contributed by atoms with Crippen molar-refractivity contribution in [2.24, 2.45) is 0 Å². The Balaban J connectivity index is 0.000000250. The largest absolute Gasteiger partial charge is 0.478 e. The van der Waals surface area contributed by atoms with Crippen LogP contribution in [0.25, 0.3) is 0 Å². The number of hydrogen-bond acceptors (Lipinski definition) is 6. The maximum absolute atomic E-state index is 11.3. The Morgan fingerprint density at radius 1 is 0.656 bits per heavy atom. The molecule has 3 aromatic rings. The van der Waals surface area contributed by atoms with E-state index in [1.165, 1.54) is 0 Å². The molecule has 0 aromatic heterocycles. The minimum absolute atomic E-state index is 0.190. The van der Waals surface area contributed by atoms with Gasteiger partial charge in [0.1, 0.15) is 12.7 Å². The number of aliphatic hydroxyl groups is 2. The van der Waals surface area contributed by atoms with E-state index in [0.717, 1.165) is 0 Å². The number of hydrogen-bond donors (Lipinski definition) is 4. The summed E-state index contributed by atoms with van der Waals surface area (Å²) in [6.07, 6.45) is -1.01. The van der Waals surface area contributed by atoms with Crippen LogP contribution in [0.4, 0.5) is 0 Å². The first-order valence-electron chi connectivity index (χ1n) is 9.43. The zero-order chi connectivity index (χ0) is 23.8. The summed E-state index contributed by atoms with van der Waals surface area (Å²) in [4.78, 5) is 31.7. The molecule has 8 heteroatoms. The first-order valence-corrected chi connectivity index (χ1v) is 9.43. The second kappa shape index (κ2) is 14.9. The number of rotatable bonds is 6. The maximum Gasteiger partial charge on any atom is 0.338 e. The van der Waals surface area contributed by atoms with Gasteiger partial charge in [0.25, 0.3) is 0 Å². The predicted octanol–water partition coefficient (Wildman–Crippen LogP) is 2.97. The molecule has 3 rings (SSSR count). The zero-order valence-electron chi connectivity index (χ0n) is 17.1. The van der Waals surface area contributed by atoms with Gasteiger partial charge in [0.05, 0.1) is 23.3 Å². The van der Waals surface area contributed by atoms with Crippen molar-refractivity contribution in [2.75, 3.05) is 13.2 Å². The van der Waals surface area contributed by atoms with Gasteiger partial charge in [-0.1, -0.05) is 54.6 Å². The molecule has 1 atom stereocenters. The van der Waals surface area contributed by atoms with Crippen LogP contribution in [0.5, 0.6) is 0 Å². The summed E-state index contributed by atoms with van der Waals surface area (Å²) in [7, 11) is 0. The third kappa shape index (κ3) is 10.7. The van der Waals surface area contributed by atoms with Crippen molar-refractivity contribution in [3.05, 3.63) is 108 Å². The molecule has 0 aliphatic rings. The number of aromatic carboxylic acids is 2. The summed E-state index contributed by atoms with van der Waals surface area (Å²) in [6.45, 7) is -0.605. The van der Waals surface area contributed by atoms with Gasteiger partial charge in [0, 0.05) is 0 Å². The van der Waals surface area contributed by atoms with Gasteiger partial charge in [-0.3, -0.25) is 0 Å². The molecule has 0 aliphatic heterocycles. The summed E-state index contributed by atoms with van der Waals surface area (Å²) in [5, 5.41) is 34.2. The molecule has 32 heavy (non-hydrogen) atoms. The quantitative estimate of drug-likeness (QED) is 0.429. The number of aliphatic hydroxyl groups excluding tert-OH is 2. The number of carboxylic acid groups (broad SMARTS) is 2. The molecule has 0 bridgehead atoms. The second-order valence-electron chi connectivity index (χ2n) is 6.14. The van der Waals surface area contributed by atoms with Crippen LogP contribution in [0.3, 0.4) is 0 Å². The smallest absolute Gasteiger partial charge is 0.338 e. The second-order valence-corrected chi connectivity index (χ2v) is 6.14. The summed E-state index contributed by atoms with van der Waals surface area (Å²) >= 11 is 0. The molecule has 0 amide bonds. The molecule has 0 saturated heterocycles. The molecule has 1 unspecified atom stereocenters. The topological polar surface area (TPSA) is 141 Å². The molecule has 0 spiro atoms. The Morgan fingerprint density at radius 2 is 1.00 bits per heavy atom. The number of esters is 1. The number of carbonyl (C=O) groups excluding carboxylic acids is 1. The molecule has 8 nitrogen and oxygen atoms in total. The van der Waals surface area contributed by atoms with E-state index in [-0.39, 0.29) is 6.61 Å². The molecule has 0 fully saturated rings. The van der Waals surface area contributed by atoms with Crippen LogP contribution in [-0.2, 0) is 4.74 Å². The fourth-order valence-corrected chi connectivity index (χ4v) is 2.04. The monoisotopic (exact) mass is 440 g/mol. The normalized spacial score (nSPS) is 10.3. The highest BCUT2D eigenvalue weighted by Gasteiger charge is 2.09. The Morgan fingerprint density at radius 3 is 1.28 bits per heavy atom. The van der Waals surface area contributed by atoms with Gasteiger partial charge in [-0.05, 0) is 36.4 Å². The lowest BCUT2D eigenvalue weighted by Crippen LogP contribution is -2.21. The number of carboxylic acids is 2. The fourth-order valence-electron chi connectivity index (χ4n) is 2.04. The van der Waals surface area contributed by atoms with Gasteiger partial charge >= 0.3 is 17.9 Å². The molecular formula is C24H24O8. The number of carbonyl (C=O) groups is 3. The number of ether oxygens (including phenoxy) is 1. The third-order valence-electron chi connectivity index (χ3n) is 3.67. The van der Waals surface area contributed by atoms with Crippen LogP contribution >= 0.6 is 0 Å². The average Bonchev–Trinajstić information content (AvgIpc) is 2.84. The van der Waals surface area contributed by atoms with E-state index in [4.69, 9.17) is 25.2 Å². The van der Waals surface area contributed by atoms with Crippen molar-refractivity contribution < 1.29 is 39.5 Å². The van der Waals surface area contributed by atoms with E-state index in [2.05, 4.69) is 0 Å². The maximum atomic E-state index is 11.3. The van der Waals surface area contributed by atoms with E-state index < -0.39 is 30.6 Å². The minimum Gasteiger partial charge on any atom is -0.478 e. The van der Waals surface area contributed by atoms with Crippen LogP contribution in [-0.4, -0.2) is 57.7 Å². The van der Waals surface area contributed by atoms with E-state index in [1.807, 2.05) is 0 Å². The highest BCUT2D eigenvalue weighted by molar-refractivity contribution is 5.89. The first kappa shape index (κ1) is 26.0. The van der Waals surface area contributed by atoms with E-state index in [0.29, 0.717) is 16.7 Å². The van der Waals surface area contributed by atoms with Crippen molar-refractivity contribution in [1.29, 1.82) is 0 Å². The summed E-state index contributed by atoms with van der Waals surface area (Å²) < 4.78 is 4.73. The van der Waals surface area contributed by atoms with Gasteiger partial charge in [0.15, 0.2) is 0 Å². The van der Waals surface area contributed by atoms with Crippen LogP contribution in [0.15, 0.2) is 91.0 Å². The van der Waals surface area contributed by atoms with Gasteiger partial charge < -0.3 is 25.2 Å². The van der Waals surface area contributed by atoms with Gasteiger partial charge in [0.2, 0.25) is 0 Å². The standard InChI is InChI=1S/C10H12O4.2C7H6O2/c11-6-9(12)7-14-10(13)8-4-2-1-3-5-8;2*8-7(9)6-4-2-1-3-5-6/h1-5,9,11-12H,6-7H2;2*1-5H,(H,8,9).